The first kappa shape index (κ1) is 5.98. The van der Waals surface area contributed by atoms with E-state index in [-0.39, 0.29) is 0 Å². The van der Waals surface area contributed by atoms with Crippen LogP contribution in [0.3, 0.4) is 0 Å². The average molecular weight is 145 g/mol. The molecule has 0 aliphatic carbocycles. The Hall–Kier alpha value is -0.150. The van der Waals surface area contributed by atoms with Crippen LogP contribution < -0.4 is 0 Å². The van der Waals surface area contributed by atoms with E-state index in [1.54, 1.807) is 0 Å². The molecule has 1 heterocycles. The molecule has 1 aromatic rings. The Bertz CT molecular complexity index is 233. The summed E-state index contributed by atoms with van der Waals surface area (Å²) in [5, 5.41) is 0. The Morgan fingerprint density at radius 3 is 2.25 bits per heavy atom. The molecule has 0 aromatic carbocycles. The zero-order chi connectivity index (χ0) is 6.15. The van der Waals surface area contributed by atoms with Gasteiger partial charge in [-0.05, 0) is 19.4 Å². The number of hydrogen-bond acceptors (Lipinski definition) is 2. The molecule has 0 aliphatic heterocycles. The third kappa shape index (κ3) is 0.833. The maximum atomic E-state index is 4.96. The zero-order valence-electron chi connectivity index (χ0n) is 4.82. The summed E-state index contributed by atoms with van der Waals surface area (Å²) in [5.41, 5.74) is 2.41. The van der Waals surface area contributed by atoms with E-state index in [2.05, 4.69) is 4.37 Å². The Morgan fingerprint density at radius 1 is 1.50 bits per heavy atom. The van der Waals surface area contributed by atoms with E-state index in [4.69, 9.17) is 12.2 Å². The SMILES string of the molecule is Cc1[nH]sc(=S)c1C. The molecule has 0 saturated heterocycles. The average Bonchev–Trinajstić information content (AvgIpc) is 1.98. The molecule has 0 amide bonds. The van der Waals surface area contributed by atoms with Crippen LogP contribution in [0.5, 0.6) is 0 Å². The Labute approximate surface area is 57.5 Å². The highest BCUT2D eigenvalue weighted by atomic mass is 32.2. The molecule has 0 bridgehead atoms. The number of aryl methyl sites for hydroxylation is 1. The number of rotatable bonds is 0. The van der Waals surface area contributed by atoms with Crippen molar-refractivity contribution in [2.75, 3.05) is 0 Å². The maximum Gasteiger partial charge on any atom is 0.112 e. The summed E-state index contributed by atoms with van der Waals surface area (Å²) < 4.78 is 4.05. The van der Waals surface area contributed by atoms with Crippen LogP contribution in [0.4, 0.5) is 0 Å². The smallest absolute Gasteiger partial charge is 0.112 e. The summed E-state index contributed by atoms with van der Waals surface area (Å²) in [6, 6.07) is 0. The van der Waals surface area contributed by atoms with Gasteiger partial charge in [0.15, 0.2) is 0 Å². The van der Waals surface area contributed by atoms with Gasteiger partial charge in [0.1, 0.15) is 3.82 Å². The van der Waals surface area contributed by atoms with Crippen LogP contribution >= 0.6 is 23.8 Å². The van der Waals surface area contributed by atoms with Gasteiger partial charge in [0.25, 0.3) is 0 Å². The highest BCUT2D eigenvalue weighted by Crippen LogP contribution is 2.09. The molecule has 8 heavy (non-hydrogen) atoms. The van der Waals surface area contributed by atoms with E-state index < -0.39 is 0 Å². The molecule has 0 aliphatic rings. The lowest BCUT2D eigenvalue weighted by Crippen LogP contribution is -1.70. The van der Waals surface area contributed by atoms with Gasteiger partial charge in [-0.1, -0.05) is 23.8 Å². The van der Waals surface area contributed by atoms with E-state index >= 15 is 0 Å². The van der Waals surface area contributed by atoms with E-state index in [0.717, 1.165) is 3.82 Å². The topological polar surface area (TPSA) is 15.8 Å². The van der Waals surface area contributed by atoms with Crippen molar-refractivity contribution >= 4 is 23.8 Å². The van der Waals surface area contributed by atoms with Crippen LogP contribution in [0.2, 0.25) is 0 Å². The van der Waals surface area contributed by atoms with Gasteiger partial charge in [-0.3, -0.25) is 0 Å². The van der Waals surface area contributed by atoms with E-state index in [1.807, 2.05) is 13.8 Å². The number of aromatic amines is 1. The first-order chi connectivity index (χ1) is 3.72. The zero-order valence-corrected chi connectivity index (χ0v) is 6.45. The Morgan fingerprint density at radius 2 is 2.12 bits per heavy atom. The highest BCUT2D eigenvalue weighted by molar-refractivity contribution is 7.73. The summed E-state index contributed by atoms with van der Waals surface area (Å²) in [5.74, 6) is 0. The standard InChI is InChI=1S/C5H7NS2/c1-3-4(2)6-8-5(3)7/h6H,1-2H3. The van der Waals surface area contributed by atoms with Crippen LogP contribution in [-0.4, -0.2) is 4.37 Å². The van der Waals surface area contributed by atoms with Crippen LogP contribution in [0.25, 0.3) is 0 Å². The molecular formula is C5H7NS2. The molecule has 0 saturated carbocycles. The third-order valence-electron chi connectivity index (χ3n) is 1.17. The van der Waals surface area contributed by atoms with Crippen LogP contribution in [0.15, 0.2) is 0 Å². The van der Waals surface area contributed by atoms with Crippen molar-refractivity contribution in [3.05, 3.63) is 15.1 Å². The minimum atomic E-state index is 0.975. The summed E-state index contributed by atoms with van der Waals surface area (Å²) in [6.45, 7) is 4.06. The largest absolute Gasteiger partial charge is 0.314 e. The van der Waals surface area contributed by atoms with Gasteiger partial charge < -0.3 is 4.37 Å². The molecule has 0 radical (unpaired) electrons. The summed E-state index contributed by atoms with van der Waals surface area (Å²) in [6.07, 6.45) is 0. The monoisotopic (exact) mass is 145 g/mol. The predicted octanol–water partition coefficient (Wildman–Crippen LogP) is 2.42. The van der Waals surface area contributed by atoms with E-state index in [0.29, 0.717) is 0 Å². The van der Waals surface area contributed by atoms with Gasteiger partial charge in [0, 0.05) is 5.69 Å². The van der Waals surface area contributed by atoms with Gasteiger partial charge in [-0.2, -0.15) is 0 Å². The van der Waals surface area contributed by atoms with Crippen LogP contribution in [-0.2, 0) is 0 Å². The molecule has 0 fully saturated rings. The Kier molecular flexibility index (Phi) is 1.49. The lowest BCUT2D eigenvalue weighted by molar-refractivity contribution is 1.27. The second kappa shape index (κ2) is 1.99. The predicted molar refractivity (Wildman–Crippen MR) is 39.0 cm³/mol. The van der Waals surface area contributed by atoms with Gasteiger partial charge >= 0.3 is 0 Å². The van der Waals surface area contributed by atoms with Crippen molar-refractivity contribution < 1.29 is 0 Å². The van der Waals surface area contributed by atoms with Crippen molar-refractivity contribution in [2.24, 2.45) is 0 Å². The van der Waals surface area contributed by atoms with Gasteiger partial charge in [-0.25, -0.2) is 0 Å². The molecule has 3 heteroatoms. The Balaban J connectivity index is 3.41. The summed E-state index contributed by atoms with van der Waals surface area (Å²) in [4.78, 5) is 0. The fourth-order valence-electron chi connectivity index (χ4n) is 0.429. The highest BCUT2D eigenvalue weighted by Gasteiger charge is 1.92. The second-order valence-corrected chi connectivity index (χ2v) is 3.22. The first-order valence-corrected chi connectivity index (χ1v) is 3.59. The number of hydrogen-bond donors (Lipinski definition) is 1. The number of aromatic nitrogens is 1. The number of H-pyrrole nitrogens is 1. The molecular weight excluding hydrogens is 138 g/mol. The lowest BCUT2D eigenvalue weighted by Gasteiger charge is -1.80. The molecule has 1 rings (SSSR count). The van der Waals surface area contributed by atoms with Gasteiger partial charge in [-0.15, -0.1) is 0 Å². The van der Waals surface area contributed by atoms with Crippen molar-refractivity contribution in [2.45, 2.75) is 13.8 Å². The normalized spacial score (nSPS) is 9.75. The summed E-state index contributed by atoms with van der Waals surface area (Å²) in [7, 11) is 0. The fourth-order valence-corrected chi connectivity index (χ4v) is 1.41. The van der Waals surface area contributed by atoms with Gasteiger partial charge in [0.2, 0.25) is 0 Å². The van der Waals surface area contributed by atoms with Crippen molar-refractivity contribution in [3.8, 4) is 0 Å². The quantitative estimate of drug-likeness (QED) is 0.554. The fraction of sp³-hybridized carbons (Fsp3) is 0.400. The van der Waals surface area contributed by atoms with E-state index in [9.17, 15) is 0 Å². The minimum absolute atomic E-state index is 0.975. The van der Waals surface area contributed by atoms with Crippen molar-refractivity contribution in [1.29, 1.82) is 0 Å². The minimum Gasteiger partial charge on any atom is -0.314 e. The molecule has 1 N–H and O–H groups in total. The van der Waals surface area contributed by atoms with E-state index in [1.165, 1.54) is 22.8 Å². The molecule has 0 spiro atoms. The van der Waals surface area contributed by atoms with Crippen LogP contribution in [0, 0.1) is 17.7 Å². The molecule has 0 atom stereocenters. The molecule has 1 aromatic heterocycles. The second-order valence-electron chi connectivity index (χ2n) is 1.74. The lowest BCUT2D eigenvalue weighted by atomic mass is 10.3. The van der Waals surface area contributed by atoms with Gasteiger partial charge in [0.05, 0.1) is 0 Å². The van der Waals surface area contributed by atoms with Crippen LogP contribution in [0.1, 0.15) is 11.3 Å². The summed E-state index contributed by atoms with van der Waals surface area (Å²) >= 11 is 6.48. The number of nitrogens with one attached hydrogen (secondary N) is 1. The maximum absolute atomic E-state index is 4.96. The molecule has 1 nitrogen and oxygen atoms in total. The first-order valence-electron chi connectivity index (χ1n) is 2.36. The molecule has 0 unspecified atom stereocenters. The molecule has 44 valence electrons. The van der Waals surface area contributed by atoms with Crippen molar-refractivity contribution in [3.63, 3.8) is 0 Å². The van der Waals surface area contributed by atoms with Crippen molar-refractivity contribution in [1.82, 2.24) is 4.37 Å². The third-order valence-corrected chi connectivity index (χ3v) is 2.62.